The summed E-state index contributed by atoms with van der Waals surface area (Å²) in [6, 6.07) is 17.8. The fourth-order valence-electron chi connectivity index (χ4n) is 4.22. The van der Waals surface area contributed by atoms with Crippen LogP contribution in [0.1, 0.15) is 40.9 Å². The Balaban J connectivity index is 1.56. The fraction of sp³-hybridized carbons (Fsp3) is 0.179. The molecule has 35 heavy (non-hydrogen) atoms. The number of hydrogen-bond donors (Lipinski definition) is 0. The SMILES string of the molecule is Cc1cc(-c2ccncc2)cc(C)c1Oc1nc([C@H](C)c2ccc(C#N)cc2)nc2ncn(C)c12. The molecular formula is C28H24N6O. The van der Waals surface area contributed by atoms with Gasteiger partial charge in [-0.1, -0.05) is 19.1 Å². The van der Waals surface area contributed by atoms with Crippen LogP contribution in [0.2, 0.25) is 0 Å². The molecular weight excluding hydrogens is 436 g/mol. The molecule has 0 spiro atoms. The molecule has 0 unspecified atom stereocenters. The molecule has 2 aromatic carbocycles. The third kappa shape index (κ3) is 4.22. The van der Waals surface area contributed by atoms with Crippen LogP contribution >= 0.6 is 0 Å². The van der Waals surface area contributed by atoms with E-state index >= 15 is 0 Å². The molecule has 7 nitrogen and oxygen atoms in total. The molecule has 0 radical (unpaired) electrons. The Labute approximate surface area is 203 Å². The summed E-state index contributed by atoms with van der Waals surface area (Å²) in [5.74, 6) is 1.74. The van der Waals surface area contributed by atoms with Crippen molar-refractivity contribution < 1.29 is 4.74 Å². The van der Waals surface area contributed by atoms with Gasteiger partial charge in [0.15, 0.2) is 11.2 Å². The molecule has 0 aliphatic carbocycles. The minimum Gasteiger partial charge on any atom is -0.436 e. The van der Waals surface area contributed by atoms with E-state index in [1.807, 2.05) is 56.7 Å². The first-order valence-electron chi connectivity index (χ1n) is 11.3. The number of aryl methyl sites for hydroxylation is 3. The van der Waals surface area contributed by atoms with Crippen molar-refractivity contribution in [3.63, 3.8) is 0 Å². The van der Waals surface area contributed by atoms with E-state index in [0.29, 0.717) is 22.9 Å². The lowest BCUT2D eigenvalue weighted by molar-refractivity contribution is 0.455. The molecule has 0 fully saturated rings. The molecule has 0 N–H and O–H groups in total. The predicted molar refractivity (Wildman–Crippen MR) is 134 cm³/mol. The topological polar surface area (TPSA) is 89.5 Å². The summed E-state index contributed by atoms with van der Waals surface area (Å²) in [6.07, 6.45) is 5.30. The van der Waals surface area contributed by atoms with Gasteiger partial charge in [0.2, 0.25) is 5.88 Å². The third-order valence-corrected chi connectivity index (χ3v) is 6.16. The highest BCUT2D eigenvalue weighted by Gasteiger charge is 2.20. The van der Waals surface area contributed by atoms with Gasteiger partial charge in [0.25, 0.3) is 0 Å². The van der Waals surface area contributed by atoms with E-state index in [0.717, 1.165) is 39.1 Å². The molecule has 0 bridgehead atoms. The Kier molecular flexibility index (Phi) is 5.71. The number of rotatable bonds is 5. The summed E-state index contributed by atoms with van der Waals surface area (Å²) in [5.41, 5.74) is 7.17. The van der Waals surface area contributed by atoms with Crippen LogP contribution in [0, 0.1) is 25.2 Å². The average molecular weight is 461 g/mol. The summed E-state index contributed by atoms with van der Waals surface area (Å²) in [5, 5.41) is 9.10. The number of ether oxygens (including phenoxy) is 1. The predicted octanol–water partition coefficient (Wildman–Crippen LogP) is 5.86. The van der Waals surface area contributed by atoms with Crippen molar-refractivity contribution in [2.75, 3.05) is 0 Å². The van der Waals surface area contributed by atoms with E-state index < -0.39 is 0 Å². The molecule has 0 aliphatic rings. The van der Waals surface area contributed by atoms with Gasteiger partial charge < -0.3 is 9.30 Å². The minimum atomic E-state index is -0.104. The van der Waals surface area contributed by atoms with Crippen molar-refractivity contribution in [2.45, 2.75) is 26.7 Å². The molecule has 172 valence electrons. The van der Waals surface area contributed by atoms with Crippen LogP contribution in [-0.2, 0) is 7.05 Å². The number of imidazole rings is 1. The fourth-order valence-corrected chi connectivity index (χ4v) is 4.22. The van der Waals surface area contributed by atoms with Crippen molar-refractivity contribution in [1.29, 1.82) is 5.26 Å². The Morgan fingerprint density at radius 2 is 1.63 bits per heavy atom. The number of hydrogen-bond acceptors (Lipinski definition) is 6. The number of nitrogens with zero attached hydrogens (tertiary/aromatic N) is 6. The lowest BCUT2D eigenvalue weighted by atomic mass is 9.99. The van der Waals surface area contributed by atoms with E-state index in [1.165, 1.54) is 0 Å². The highest BCUT2D eigenvalue weighted by molar-refractivity contribution is 5.77. The van der Waals surface area contributed by atoms with Crippen LogP contribution in [0.25, 0.3) is 22.3 Å². The molecule has 1 atom stereocenters. The summed E-state index contributed by atoms with van der Waals surface area (Å²) >= 11 is 0. The van der Waals surface area contributed by atoms with Gasteiger partial charge in [-0.2, -0.15) is 10.2 Å². The van der Waals surface area contributed by atoms with Crippen LogP contribution < -0.4 is 4.74 Å². The highest BCUT2D eigenvalue weighted by Crippen LogP contribution is 2.36. The molecule has 7 heteroatoms. The zero-order valence-corrected chi connectivity index (χ0v) is 20.0. The smallest absolute Gasteiger partial charge is 0.249 e. The summed E-state index contributed by atoms with van der Waals surface area (Å²) < 4.78 is 8.35. The summed E-state index contributed by atoms with van der Waals surface area (Å²) in [7, 11) is 1.90. The highest BCUT2D eigenvalue weighted by atomic mass is 16.5. The number of nitriles is 1. The summed E-state index contributed by atoms with van der Waals surface area (Å²) in [6.45, 7) is 6.11. The van der Waals surface area contributed by atoms with Crippen LogP contribution in [0.4, 0.5) is 0 Å². The first-order valence-corrected chi connectivity index (χ1v) is 11.3. The van der Waals surface area contributed by atoms with Gasteiger partial charge in [0.05, 0.1) is 18.0 Å². The van der Waals surface area contributed by atoms with Crippen molar-refractivity contribution in [3.8, 4) is 28.8 Å². The van der Waals surface area contributed by atoms with Gasteiger partial charge in [-0.05, 0) is 78.1 Å². The molecule has 5 aromatic rings. The van der Waals surface area contributed by atoms with E-state index in [4.69, 9.17) is 20.0 Å². The number of pyridine rings is 1. The van der Waals surface area contributed by atoms with Crippen molar-refractivity contribution in [3.05, 3.63) is 95.3 Å². The Hall–Kier alpha value is -4.57. The quantitative estimate of drug-likeness (QED) is 0.326. The van der Waals surface area contributed by atoms with Crippen molar-refractivity contribution in [1.82, 2.24) is 24.5 Å². The van der Waals surface area contributed by atoms with Gasteiger partial charge >= 0.3 is 0 Å². The van der Waals surface area contributed by atoms with Gasteiger partial charge in [-0.3, -0.25) is 4.98 Å². The largest absolute Gasteiger partial charge is 0.436 e. The van der Waals surface area contributed by atoms with Gasteiger partial charge in [-0.25, -0.2) is 9.97 Å². The molecule has 3 heterocycles. The Morgan fingerprint density at radius 3 is 2.29 bits per heavy atom. The average Bonchev–Trinajstić information content (AvgIpc) is 3.26. The van der Waals surface area contributed by atoms with Gasteiger partial charge in [0, 0.05) is 25.4 Å². The van der Waals surface area contributed by atoms with E-state index in [-0.39, 0.29) is 5.92 Å². The maximum atomic E-state index is 9.10. The van der Waals surface area contributed by atoms with Crippen LogP contribution in [0.3, 0.4) is 0 Å². The lowest BCUT2D eigenvalue weighted by Crippen LogP contribution is -2.06. The number of aromatic nitrogens is 5. The normalized spacial score (nSPS) is 11.9. The maximum Gasteiger partial charge on any atom is 0.249 e. The molecule has 3 aromatic heterocycles. The second kappa shape index (κ2) is 8.99. The van der Waals surface area contributed by atoms with E-state index in [2.05, 4.69) is 28.2 Å². The van der Waals surface area contributed by atoms with Crippen LogP contribution in [0.15, 0.2) is 67.3 Å². The Bertz CT molecular complexity index is 1540. The van der Waals surface area contributed by atoms with Gasteiger partial charge in [0.1, 0.15) is 11.6 Å². The summed E-state index contributed by atoms with van der Waals surface area (Å²) in [4.78, 5) is 18.1. The molecule has 0 saturated heterocycles. The van der Waals surface area contributed by atoms with Crippen molar-refractivity contribution in [2.24, 2.45) is 7.05 Å². The first-order chi connectivity index (χ1) is 16.9. The van der Waals surface area contributed by atoms with E-state index in [1.54, 1.807) is 30.9 Å². The third-order valence-electron chi connectivity index (χ3n) is 6.16. The van der Waals surface area contributed by atoms with Crippen LogP contribution in [0.5, 0.6) is 11.6 Å². The molecule has 5 rings (SSSR count). The zero-order valence-electron chi connectivity index (χ0n) is 20.0. The van der Waals surface area contributed by atoms with E-state index in [9.17, 15) is 0 Å². The van der Waals surface area contributed by atoms with Crippen LogP contribution in [-0.4, -0.2) is 24.5 Å². The standard InChI is InChI=1S/C28H24N6O/c1-17-13-23(22-9-11-30-12-10-22)14-18(2)25(17)35-28-24-27(31-16-34(24)4)32-26(33-28)19(3)21-7-5-20(15-29)6-8-21/h5-14,16,19H,1-4H3/t19-/m1/s1. The zero-order chi connectivity index (χ0) is 24.5. The molecule has 0 saturated carbocycles. The molecule has 0 amide bonds. The first kappa shape index (κ1) is 22.2. The molecule has 0 aliphatic heterocycles. The Morgan fingerprint density at radius 1 is 0.943 bits per heavy atom. The van der Waals surface area contributed by atoms with Gasteiger partial charge in [-0.15, -0.1) is 0 Å². The van der Waals surface area contributed by atoms with Crippen molar-refractivity contribution >= 4 is 11.2 Å². The second-order valence-corrected chi connectivity index (χ2v) is 8.65. The lowest BCUT2D eigenvalue weighted by Gasteiger charge is -2.16. The maximum absolute atomic E-state index is 9.10. The number of benzene rings is 2. The minimum absolute atomic E-state index is 0.104. The number of fused-ring (bicyclic) bond motifs is 1. The second-order valence-electron chi connectivity index (χ2n) is 8.65. The monoisotopic (exact) mass is 460 g/mol.